The Morgan fingerprint density at radius 3 is 2.61 bits per heavy atom. The number of carbonyl (C=O) groups excluding carboxylic acids is 2. The van der Waals surface area contributed by atoms with Crippen LogP contribution in [0.4, 0.5) is 0 Å². The van der Waals surface area contributed by atoms with Crippen molar-refractivity contribution in [3.8, 4) is 0 Å². The van der Waals surface area contributed by atoms with Crippen molar-refractivity contribution in [1.82, 2.24) is 4.90 Å². The van der Waals surface area contributed by atoms with Gasteiger partial charge in [0.05, 0.1) is 12.6 Å². The van der Waals surface area contributed by atoms with E-state index in [2.05, 4.69) is 0 Å². The molecule has 0 spiro atoms. The maximum absolute atomic E-state index is 12.5. The Balaban J connectivity index is 2.18. The standard InChI is InChI=1S/C17H23NO5/c1-5-21-14(19)11-22-17(3)16(20)18(4)12(2)15(23-17)13-9-7-6-8-10-13/h6-10,12,15H,5,11H2,1-4H3/t12-,15-,17-/m0/s1. The van der Waals surface area contributed by atoms with Gasteiger partial charge in [-0.2, -0.15) is 0 Å². The second-order valence-electron chi connectivity index (χ2n) is 5.65. The van der Waals surface area contributed by atoms with Crippen molar-refractivity contribution in [3.63, 3.8) is 0 Å². The third kappa shape index (κ3) is 3.71. The highest BCUT2D eigenvalue weighted by atomic mass is 16.7. The van der Waals surface area contributed by atoms with Gasteiger partial charge in [-0.15, -0.1) is 0 Å². The van der Waals surface area contributed by atoms with Crippen molar-refractivity contribution in [1.29, 1.82) is 0 Å². The molecule has 0 aliphatic carbocycles. The summed E-state index contributed by atoms with van der Waals surface area (Å²) in [4.78, 5) is 25.6. The Morgan fingerprint density at radius 2 is 2.00 bits per heavy atom. The highest BCUT2D eigenvalue weighted by Gasteiger charge is 2.49. The summed E-state index contributed by atoms with van der Waals surface area (Å²) in [5, 5.41) is 0. The molecule has 126 valence electrons. The van der Waals surface area contributed by atoms with Gasteiger partial charge in [-0.1, -0.05) is 30.3 Å². The fourth-order valence-corrected chi connectivity index (χ4v) is 2.58. The molecule has 23 heavy (non-hydrogen) atoms. The number of hydrogen-bond donors (Lipinski definition) is 0. The SMILES string of the molecule is CCOC(=O)CO[C@@]1(C)O[C@H](c2ccccc2)[C@H](C)N(C)C1=O. The molecule has 2 rings (SSSR count). The lowest BCUT2D eigenvalue weighted by Gasteiger charge is -2.45. The van der Waals surface area contributed by atoms with Gasteiger partial charge in [-0.25, -0.2) is 4.79 Å². The van der Waals surface area contributed by atoms with Gasteiger partial charge in [-0.05, 0) is 26.3 Å². The summed E-state index contributed by atoms with van der Waals surface area (Å²) < 4.78 is 16.3. The van der Waals surface area contributed by atoms with Crippen molar-refractivity contribution in [2.24, 2.45) is 0 Å². The van der Waals surface area contributed by atoms with Crippen molar-refractivity contribution in [3.05, 3.63) is 35.9 Å². The molecular formula is C17H23NO5. The predicted molar refractivity (Wildman–Crippen MR) is 83.5 cm³/mol. The van der Waals surface area contributed by atoms with Gasteiger partial charge >= 0.3 is 5.97 Å². The van der Waals surface area contributed by atoms with Gasteiger partial charge in [0, 0.05) is 7.05 Å². The molecule has 0 bridgehead atoms. The van der Waals surface area contributed by atoms with E-state index in [9.17, 15) is 9.59 Å². The van der Waals surface area contributed by atoms with Crippen LogP contribution in [0.15, 0.2) is 30.3 Å². The van der Waals surface area contributed by atoms with Crippen LogP contribution in [-0.2, 0) is 23.8 Å². The van der Waals surface area contributed by atoms with E-state index in [0.29, 0.717) is 0 Å². The molecule has 1 aliphatic heterocycles. The van der Waals surface area contributed by atoms with E-state index in [-0.39, 0.29) is 31.3 Å². The molecule has 6 heteroatoms. The van der Waals surface area contributed by atoms with Crippen LogP contribution in [0.1, 0.15) is 32.4 Å². The third-order valence-electron chi connectivity index (χ3n) is 4.01. The first-order valence-electron chi connectivity index (χ1n) is 7.68. The second kappa shape index (κ2) is 7.10. The van der Waals surface area contributed by atoms with E-state index in [4.69, 9.17) is 14.2 Å². The van der Waals surface area contributed by atoms with Crippen LogP contribution in [0.3, 0.4) is 0 Å². The van der Waals surface area contributed by atoms with E-state index in [1.54, 1.807) is 18.9 Å². The Morgan fingerprint density at radius 1 is 1.35 bits per heavy atom. The van der Waals surface area contributed by atoms with Gasteiger partial charge in [0.15, 0.2) is 0 Å². The predicted octanol–water partition coefficient (Wildman–Crippen LogP) is 1.90. The van der Waals surface area contributed by atoms with Crippen LogP contribution in [0.2, 0.25) is 0 Å². The zero-order valence-electron chi connectivity index (χ0n) is 13.9. The molecule has 1 aromatic rings. The van der Waals surface area contributed by atoms with Crippen molar-refractivity contribution in [2.75, 3.05) is 20.3 Å². The number of rotatable bonds is 5. The maximum Gasteiger partial charge on any atom is 0.332 e. The van der Waals surface area contributed by atoms with Crippen LogP contribution in [0, 0.1) is 0 Å². The lowest BCUT2D eigenvalue weighted by molar-refractivity contribution is -0.274. The summed E-state index contributed by atoms with van der Waals surface area (Å²) in [6.07, 6.45) is -0.342. The summed E-state index contributed by atoms with van der Waals surface area (Å²) in [7, 11) is 1.71. The van der Waals surface area contributed by atoms with E-state index in [1.807, 2.05) is 37.3 Å². The normalized spacial score (nSPS) is 27.8. The number of ether oxygens (including phenoxy) is 3. The summed E-state index contributed by atoms with van der Waals surface area (Å²) >= 11 is 0. The van der Waals surface area contributed by atoms with Crippen LogP contribution in [0.25, 0.3) is 0 Å². The number of nitrogens with zero attached hydrogens (tertiary/aromatic N) is 1. The summed E-state index contributed by atoms with van der Waals surface area (Å²) in [6.45, 7) is 5.09. The molecule has 0 aromatic heterocycles. The van der Waals surface area contributed by atoms with Crippen LogP contribution in [-0.4, -0.2) is 48.9 Å². The number of hydrogen-bond acceptors (Lipinski definition) is 5. The van der Waals surface area contributed by atoms with Gasteiger partial charge < -0.3 is 19.1 Å². The minimum Gasteiger partial charge on any atom is -0.464 e. The first kappa shape index (κ1) is 17.4. The lowest BCUT2D eigenvalue weighted by Crippen LogP contribution is -2.59. The molecule has 0 unspecified atom stereocenters. The molecule has 1 fully saturated rings. The minimum atomic E-state index is -1.52. The largest absolute Gasteiger partial charge is 0.464 e. The number of benzene rings is 1. The smallest absolute Gasteiger partial charge is 0.332 e. The lowest BCUT2D eigenvalue weighted by atomic mass is 9.98. The molecule has 0 N–H and O–H groups in total. The van der Waals surface area contributed by atoms with Gasteiger partial charge in [0.1, 0.15) is 12.7 Å². The Hall–Kier alpha value is -1.92. The van der Waals surface area contributed by atoms with Crippen LogP contribution >= 0.6 is 0 Å². The topological polar surface area (TPSA) is 65.1 Å². The first-order valence-corrected chi connectivity index (χ1v) is 7.68. The average Bonchev–Trinajstić information content (AvgIpc) is 2.56. The van der Waals surface area contributed by atoms with Crippen LogP contribution < -0.4 is 0 Å². The number of likely N-dealkylation sites (N-methyl/N-ethyl adjacent to an activating group) is 1. The monoisotopic (exact) mass is 321 g/mol. The molecular weight excluding hydrogens is 298 g/mol. The van der Waals surface area contributed by atoms with Gasteiger partial charge in [0.25, 0.3) is 5.91 Å². The quantitative estimate of drug-likeness (QED) is 0.775. The molecule has 0 saturated carbocycles. The molecule has 0 radical (unpaired) electrons. The number of amides is 1. The fourth-order valence-electron chi connectivity index (χ4n) is 2.58. The van der Waals surface area contributed by atoms with Crippen molar-refractivity contribution < 1.29 is 23.8 Å². The molecule has 1 aliphatic rings. The fraction of sp³-hybridized carbons (Fsp3) is 0.529. The zero-order chi connectivity index (χ0) is 17.0. The Labute approximate surface area is 136 Å². The molecule has 6 nitrogen and oxygen atoms in total. The van der Waals surface area contributed by atoms with Crippen molar-refractivity contribution in [2.45, 2.75) is 38.7 Å². The minimum absolute atomic E-state index is 0.149. The summed E-state index contributed by atoms with van der Waals surface area (Å²) in [6, 6.07) is 9.48. The number of carbonyl (C=O) groups is 2. The summed E-state index contributed by atoms with van der Waals surface area (Å²) in [5.41, 5.74) is 0.949. The Bertz CT molecular complexity index is 561. The van der Waals surface area contributed by atoms with E-state index >= 15 is 0 Å². The molecule has 1 saturated heterocycles. The van der Waals surface area contributed by atoms with Gasteiger partial charge in [-0.3, -0.25) is 4.79 Å². The molecule has 3 atom stereocenters. The molecule has 1 heterocycles. The van der Waals surface area contributed by atoms with E-state index in [0.717, 1.165) is 5.56 Å². The maximum atomic E-state index is 12.5. The van der Waals surface area contributed by atoms with E-state index < -0.39 is 11.8 Å². The number of morpholine rings is 1. The van der Waals surface area contributed by atoms with Gasteiger partial charge in [0.2, 0.25) is 5.79 Å². The second-order valence-corrected chi connectivity index (χ2v) is 5.65. The van der Waals surface area contributed by atoms with E-state index in [1.165, 1.54) is 6.92 Å². The molecule has 1 amide bonds. The zero-order valence-corrected chi connectivity index (χ0v) is 13.9. The van der Waals surface area contributed by atoms with Crippen LogP contribution in [0.5, 0.6) is 0 Å². The highest BCUT2D eigenvalue weighted by Crippen LogP contribution is 2.36. The molecule has 1 aromatic carbocycles. The Kier molecular flexibility index (Phi) is 5.38. The first-order chi connectivity index (χ1) is 10.9. The number of esters is 1. The third-order valence-corrected chi connectivity index (χ3v) is 4.01. The highest BCUT2D eigenvalue weighted by molar-refractivity contribution is 5.84. The summed E-state index contributed by atoms with van der Waals surface area (Å²) in [5.74, 6) is -2.36. The van der Waals surface area contributed by atoms with Crippen molar-refractivity contribution >= 4 is 11.9 Å². The average molecular weight is 321 g/mol.